The largest absolute Gasteiger partial charge is 0.337 e. The maximum Gasteiger partial charge on any atom is 0.261 e. The van der Waals surface area contributed by atoms with E-state index in [2.05, 4.69) is 4.72 Å². The van der Waals surface area contributed by atoms with Gasteiger partial charge in [-0.25, -0.2) is 17.2 Å². The van der Waals surface area contributed by atoms with Crippen LogP contribution < -0.4 is 10.5 Å². The molecule has 0 bridgehead atoms. The standard InChI is InChI=1S/C18H19F2N3O3S/c19-16-7-6-15(10-17(16)20)27(25,26)22-14-5-1-3-12(9-14)18(24)23-8-2-4-13(21)11-23/h1,3,5-7,9-10,13,22H,2,4,8,11,21H2. The molecule has 1 amide bonds. The lowest BCUT2D eigenvalue weighted by molar-refractivity contribution is 0.0709. The Morgan fingerprint density at radius 1 is 1.15 bits per heavy atom. The van der Waals surface area contributed by atoms with Gasteiger partial charge in [-0.1, -0.05) is 6.07 Å². The van der Waals surface area contributed by atoms with Crippen molar-refractivity contribution < 1.29 is 22.0 Å². The summed E-state index contributed by atoms with van der Waals surface area (Å²) in [7, 11) is -4.13. The van der Waals surface area contributed by atoms with E-state index in [-0.39, 0.29) is 17.6 Å². The number of benzene rings is 2. The number of carbonyl (C=O) groups is 1. The van der Waals surface area contributed by atoms with Crippen LogP contribution >= 0.6 is 0 Å². The second kappa shape index (κ2) is 7.61. The van der Waals surface area contributed by atoms with E-state index < -0.39 is 26.6 Å². The molecule has 144 valence electrons. The van der Waals surface area contributed by atoms with Gasteiger partial charge in [-0.3, -0.25) is 9.52 Å². The fraction of sp³-hybridized carbons (Fsp3) is 0.278. The Balaban J connectivity index is 1.80. The van der Waals surface area contributed by atoms with Crippen molar-refractivity contribution in [3.05, 3.63) is 59.7 Å². The van der Waals surface area contributed by atoms with E-state index in [9.17, 15) is 22.0 Å². The molecule has 1 fully saturated rings. The molecule has 0 saturated carbocycles. The highest BCUT2D eigenvalue weighted by Crippen LogP contribution is 2.20. The molecule has 0 spiro atoms. The first-order valence-electron chi connectivity index (χ1n) is 8.39. The van der Waals surface area contributed by atoms with Crippen LogP contribution in [0.4, 0.5) is 14.5 Å². The van der Waals surface area contributed by atoms with Crippen LogP contribution in [-0.4, -0.2) is 38.4 Å². The SMILES string of the molecule is NC1CCCN(C(=O)c2cccc(NS(=O)(=O)c3ccc(F)c(F)c3)c2)C1. The van der Waals surface area contributed by atoms with Gasteiger partial charge >= 0.3 is 0 Å². The molecule has 2 aromatic rings. The minimum Gasteiger partial charge on any atom is -0.337 e. The number of nitrogens with two attached hydrogens (primary N) is 1. The third-order valence-electron chi connectivity index (χ3n) is 4.31. The van der Waals surface area contributed by atoms with Crippen molar-refractivity contribution in [2.45, 2.75) is 23.8 Å². The molecule has 6 nitrogen and oxygen atoms in total. The Morgan fingerprint density at radius 3 is 2.63 bits per heavy atom. The van der Waals surface area contributed by atoms with E-state index in [0.717, 1.165) is 25.0 Å². The molecule has 0 radical (unpaired) electrons. The number of hydrogen-bond acceptors (Lipinski definition) is 4. The zero-order valence-electron chi connectivity index (χ0n) is 14.4. The van der Waals surface area contributed by atoms with Gasteiger partial charge in [-0.05, 0) is 49.2 Å². The van der Waals surface area contributed by atoms with E-state index >= 15 is 0 Å². The van der Waals surface area contributed by atoms with Gasteiger partial charge in [-0.2, -0.15) is 0 Å². The van der Waals surface area contributed by atoms with Crippen molar-refractivity contribution in [2.24, 2.45) is 5.73 Å². The first kappa shape index (κ1) is 19.2. The number of sulfonamides is 1. The molecule has 27 heavy (non-hydrogen) atoms. The summed E-state index contributed by atoms with van der Waals surface area (Å²) in [5.41, 5.74) is 6.36. The quantitative estimate of drug-likeness (QED) is 0.831. The third kappa shape index (κ3) is 4.42. The van der Waals surface area contributed by atoms with E-state index in [0.29, 0.717) is 24.7 Å². The molecule has 2 aromatic carbocycles. The zero-order valence-corrected chi connectivity index (χ0v) is 15.2. The minimum atomic E-state index is -4.13. The Labute approximate surface area is 156 Å². The summed E-state index contributed by atoms with van der Waals surface area (Å²) >= 11 is 0. The van der Waals surface area contributed by atoms with Crippen molar-refractivity contribution in [2.75, 3.05) is 17.8 Å². The second-order valence-electron chi connectivity index (χ2n) is 6.42. The number of hydrogen-bond donors (Lipinski definition) is 2. The molecule has 0 aromatic heterocycles. The van der Waals surface area contributed by atoms with Crippen molar-refractivity contribution in [3.63, 3.8) is 0 Å². The Bertz CT molecular complexity index is 966. The number of piperidine rings is 1. The van der Waals surface area contributed by atoms with E-state index in [1.165, 1.54) is 12.1 Å². The predicted molar refractivity (Wildman–Crippen MR) is 96.7 cm³/mol. The molecule has 1 saturated heterocycles. The molecule has 1 heterocycles. The first-order valence-corrected chi connectivity index (χ1v) is 9.87. The van der Waals surface area contributed by atoms with Gasteiger partial charge in [0.15, 0.2) is 11.6 Å². The molecule has 1 unspecified atom stereocenters. The highest BCUT2D eigenvalue weighted by molar-refractivity contribution is 7.92. The fourth-order valence-electron chi connectivity index (χ4n) is 2.95. The molecule has 1 aliphatic rings. The van der Waals surface area contributed by atoms with Crippen molar-refractivity contribution >= 4 is 21.6 Å². The smallest absolute Gasteiger partial charge is 0.261 e. The Kier molecular flexibility index (Phi) is 5.43. The van der Waals surface area contributed by atoms with E-state index in [4.69, 9.17) is 5.73 Å². The third-order valence-corrected chi connectivity index (χ3v) is 5.69. The number of nitrogens with one attached hydrogen (secondary N) is 1. The van der Waals surface area contributed by atoms with Crippen molar-refractivity contribution in [3.8, 4) is 0 Å². The number of anilines is 1. The summed E-state index contributed by atoms with van der Waals surface area (Å²) in [5, 5.41) is 0. The van der Waals surface area contributed by atoms with Crippen LogP contribution in [-0.2, 0) is 10.0 Å². The fourth-order valence-corrected chi connectivity index (χ4v) is 4.01. The number of rotatable bonds is 4. The van der Waals surface area contributed by atoms with Crippen LogP contribution in [0, 0.1) is 11.6 Å². The highest BCUT2D eigenvalue weighted by Gasteiger charge is 2.23. The molecule has 3 rings (SSSR count). The van der Waals surface area contributed by atoms with E-state index in [1.54, 1.807) is 17.0 Å². The molecule has 9 heteroatoms. The Morgan fingerprint density at radius 2 is 1.93 bits per heavy atom. The number of amides is 1. The summed E-state index contributed by atoms with van der Waals surface area (Å²) in [4.78, 5) is 13.8. The average Bonchev–Trinajstić information content (AvgIpc) is 2.63. The summed E-state index contributed by atoms with van der Waals surface area (Å²) < 4.78 is 53.4. The summed E-state index contributed by atoms with van der Waals surface area (Å²) in [6.45, 7) is 1.04. The van der Waals surface area contributed by atoms with Crippen LogP contribution in [0.15, 0.2) is 47.4 Å². The summed E-state index contributed by atoms with van der Waals surface area (Å²) in [5.74, 6) is -2.64. The summed E-state index contributed by atoms with van der Waals surface area (Å²) in [6, 6.07) is 8.22. The van der Waals surface area contributed by atoms with Crippen LogP contribution in [0.25, 0.3) is 0 Å². The van der Waals surface area contributed by atoms with Gasteiger partial charge in [0.05, 0.1) is 4.90 Å². The maximum atomic E-state index is 13.3. The van der Waals surface area contributed by atoms with Gasteiger partial charge in [0.25, 0.3) is 15.9 Å². The van der Waals surface area contributed by atoms with Crippen LogP contribution in [0.3, 0.4) is 0 Å². The lowest BCUT2D eigenvalue weighted by Gasteiger charge is -2.30. The predicted octanol–water partition coefficient (Wildman–Crippen LogP) is 2.33. The number of halogens is 2. The van der Waals surface area contributed by atoms with Crippen molar-refractivity contribution in [1.29, 1.82) is 0 Å². The van der Waals surface area contributed by atoms with Crippen LogP contribution in [0.2, 0.25) is 0 Å². The molecule has 3 N–H and O–H groups in total. The Hall–Kier alpha value is -2.52. The normalized spacial score (nSPS) is 17.6. The average molecular weight is 395 g/mol. The summed E-state index contributed by atoms with van der Waals surface area (Å²) in [6.07, 6.45) is 1.67. The first-order chi connectivity index (χ1) is 12.8. The van der Waals surface area contributed by atoms with Gasteiger partial charge in [0, 0.05) is 30.4 Å². The van der Waals surface area contributed by atoms with Gasteiger partial charge in [0.2, 0.25) is 0 Å². The molecule has 1 atom stereocenters. The minimum absolute atomic E-state index is 0.0715. The van der Waals surface area contributed by atoms with Crippen LogP contribution in [0.5, 0.6) is 0 Å². The number of carbonyl (C=O) groups excluding carboxylic acids is 1. The van der Waals surface area contributed by atoms with Crippen molar-refractivity contribution in [1.82, 2.24) is 4.90 Å². The lowest BCUT2D eigenvalue weighted by atomic mass is 10.1. The lowest BCUT2D eigenvalue weighted by Crippen LogP contribution is -2.45. The van der Waals surface area contributed by atoms with Crippen LogP contribution in [0.1, 0.15) is 23.2 Å². The zero-order chi connectivity index (χ0) is 19.6. The van der Waals surface area contributed by atoms with Gasteiger partial charge in [0.1, 0.15) is 0 Å². The van der Waals surface area contributed by atoms with Gasteiger partial charge in [-0.15, -0.1) is 0 Å². The molecule has 0 aliphatic carbocycles. The number of likely N-dealkylation sites (tertiary alicyclic amines) is 1. The van der Waals surface area contributed by atoms with Gasteiger partial charge < -0.3 is 10.6 Å². The maximum absolute atomic E-state index is 13.3. The number of nitrogens with zero attached hydrogens (tertiary/aromatic N) is 1. The molecular formula is C18H19F2N3O3S. The molecular weight excluding hydrogens is 376 g/mol. The monoisotopic (exact) mass is 395 g/mol. The second-order valence-corrected chi connectivity index (χ2v) is 8.10. The van der Waals surface area contributed by atoms with E-state index in [1.807, 2.05) is 0 Å². The highest BCUT2D eigenvalue weighted by atomic mass is 32.2. The molecule has 1 aliphatic heterocycles. The topological polar surface area (TPSA) is 92.5 Å².